The van der Waals surface area contributed by atoms with Gasteiger partial charge >= 0.3 is 15.6 Å². The van der Waals surface area contributed by atoms with Crippen LogP contribution >= 0.6 is 0 Å². The van der Waals surface area contributed by atoms with E-state index in [4.69, 9.17) is 5.73 Å². The highest BCUT2D eigenvalue weighted by Gasteiger charge is 2.48. The SMILES string of the molecule is Cc1cc2c(C(N)=O)cccc2n1-c1nc(NCc2ccccc2)c2cccc(OS(=O)(=O)C(F)(F)F)c2n1. The highest BCUT2D eigenvalue weighted by molar-refractivity contribution is 7.88. The average molecular weight is 556 g/mol. The van der Waals surface area contributed by atoms with Gasteiger partial charge in [0.1, 0.15) is 11.3 Å². The molecule has 0 unspecified atom stereocenters. The zero-order valence-corrected chi connectivity index (χ0v) is 21.0. The Hall–Kier alpha value is -4.65. The lowest BCUT2D eigenvalue weighted by molar-refractivity contribution is -0.0499. The molecule has 5 rings (SSSR count). The van der Waals surface area contributed by atoms with Gasteiger partial charge in [-0.3, -0.25) is 9.36 Å². The van der Waals surface area contributed by atoms with E-state index >= 15 is 0 Å². The third kappa shape index (κ3) is 4.83. The molecule has 200 valence electrons. The number of para-hydroxylation sites is 1. The van der Waals surface area contributed by atoms with E-state index in [9.17, 15) is 26.4 Å². The zero-order valence-electron chi connectivity index (χ0n) is 20.2. The van der Waals surface area contributed by atoms with E-state index in [1.54, 1.807) is 35.8 Å². The molecule has 0 saturated carbocycles. The van der Waals surface area contributed by atoms with E-state index in [1.165, 1.54) is 12.1 Å². The van der Waals surface area contributed by atoms with Gasteiger partial charge < -0.3 is 15.2 Å². The summed E-state index contributed by atoms with van der Waals surface area (Å²) < 4.78 is 69.2. The maximum atomic E-state index is 13.1. The molecule has 9 nitrogen and oxygen atoms in total. The fourth-order valence-electron chi connectivity index (χ4n) is 4.21. The number of carbonyl (C=O) groups is 1. The normalized spacial score (nSPS) is 12.1. The maximum absolute atomic E-state index is 13.1. The Bertz CT molecular complexity index is 1840. The number of halogens is 3. The van der Waals surface area contributed by atoms with Gasteiger partial charge in [0.25, 0.3) is 0 Å². The Morgan fingerprint density at radius 1 is 1.00 bits per heavy atom. The van der Waals surface area contributed by atoms with Crippen molar-refractivity contribution in [3.63, 3.8) is 0 Å². The summed E-state index contributed by atoms with van der Waals surface area (Å²) in [6.07, 6.45) is 0. The Morgan fingerprint density at radius 3 is 2.41 bits per heavy atom. The fraction of sp³-hybridized carbons (Fsp3) is 0.115. The third-order valence-corrected chi connectivity index (χ3v) is 6.92. The molecular formula is C26H20F3N5O4S. The van der Waals surface area contributed by atoms with E-state index in [0.29, 0.717) is 23.1 Å². The molecule has 3 aromatic carbocycles. The van der Waals surface area contributed by atoms with Crippen LogP contribution < -0.4 is 15.2 Å². The molecule has 39 heavy (non-hydrogen) atoms. The highest BCUT2D eigenvalue weighted by Crippen LogP contribution is 2.35. The Balaban J connectivity index is 1.74. The predicted octanol–water partition coefficient (Wildman–Crippen LogP) is 4.82. The minimum Gasteiger partial charge on any atom is -0.374 e. The van der Waals surface area contributed by atoms with Gasteiger partial charge in [0.15, 0.2) is 5.75 Å². The molecule has 0 aliphatic heterocycles. The summed E-state index contributed by atoms with van der Waals surface area (Å²) in [6, 6.07) is 19.8. The van der Waals surface area contributed by atoms with Gasteiger partial charge in [0.05, 0.1) is 5.52 Å². The number of anilines is 1. The lowest BCUT2D eigenvalue weighted by atomic mass is 10.1. The minimum absolute atomic E-state index is 0.00707. The number of hydrogen-bond donors (Lipinski definition) is 2. The van der Waals surface area contributed by atoms with Gasteiger partial charge in [-0.05, 0) is 42.8 Å². The van der Waals surface area contributed by atoms with Gasteiger partial charge in [0, 0.05) is 28.6 Å². The molecular weight excluding hydrogens is 535 g/mol. The van der Waals surface area contributed by atoms with Crippen molar-refractivity contribution in [2.45, 2.75) is 19.0 Å². The summed E-state index contributed by atoms with van der Waals surface area (Å²) in [5, 5.41) is 3.91. The topological polar surface area (TPSA) is 129 Å². The number of nitrogens with one attached hydrogen (secondary N) is 1. The molecule has 0 aliphatic rings. The van der Waals surface area contributed by atoms with Gasteiger partial charge in [0.2, 0.25) is 11.9 Å². The zero-order chi connectivity index (χ0) is 27.9. The Kier molecular flexibility index (Phi) is 6.38. The summed E-state index contributed by atoms with van der Waals surface area (Å²) in [6.45, 7) is 2.03. The number of aromatic nitrogens is 3. The van der Waals surface area contributed by atoms with Crippen LogP contribution in [-0.2, 0) is 16.7 Å². The number of carbonyl (C=O) groups excluding carboxylic acids is 1. The highest BCUT2D eigenvalue weighted by atomic mass is 32.2. The van der Waals surface area contributed by atoms with Crippen LogP contribution in [0.4, 0.5) is 19.0 Å². The number of nitrogens with two attached hydrogens (primary N) is 1. The second-order valence-electron chi connectivity index (χ2n) is 8.57. The fourth-order valence-corrected chi connectivity index (χ4v) is 4.67. The second-order valence-corrected chi connectivity index (χ2v) is 10.1. The molecule has 1 amide bonds. The number of alkyl halides is 3. The Labute approximate surface area is 220 Å². The molecule has 13 heteroatoms. The van der Waals surface area contributed by atoms with Gasteiger partial charge in [-0.15, -0.1) is 0 Å². The molecule has 5 aromatic rings. The first-order valence-electron chi connectivity index (χ1n) is 11.5. The van der Waals surface area contributed by atoms with Crippen LogP contribution in [0, 0.1) is 6.92 Å². The molecule has 3 N–H and O–H groups in total. The van der Waals surface area contributed by atoms with Crippen molar-refractivity contribution in [1.82, 2.24) is 14.5 Å². The van der Waals surface area contributed by atoms with E-state index in [1.807, 2.05) is 30.3 Å². The van der Waals surface area contributed by atoms with Crippen LogP contribution in [0.2, 0.25) is 0 Å². The molecule has 2 heterocycles. The van der Waals surface area contributed by atoms with Crippen molar-refractivity contribution in [3.05, 3.63) is 89.6 Å². The number of primary amides is 1. The Morgan fingerprint density at radius 2 is 1.72 bits per heavy atom. The largest absolute Gasteiger partial charge is 0.534 e. The molecule has 0 atom stereocenters. The van der Waals surface area contributed by atoms with E-state index < -0.39 is 27.3 Å². The number of benzene rings is 3. The first kappa shape index (κ1) is 26.0. The van der Waals surface area contributed by atoms with Crippen molar-refractivity contribution in [2.24, 2.45) is 5.73 Å². The van der Waals surface area contributed by atoms with Crippen molar-refractivity contribution >= 4 is 43.6 Å². The van der Waals surface area contributed by atoms with E-state index in [2.05, 4.69) is 19.5 Å². The number of rotatable bonds is 7. The van der Waals surface area contributed by atoms with Crippen molar-refractivity contribution in [2.75, 3.05) is 5.32 Å². The molecule has 0 fully saturated rings. The lowest BCUT2D eigenvalue weighted by Gasteiger charge is -2.16. The maximum Gasteiger partial charge on any atom is 0.534 e. The third-order valence-electron chi connectivity index (χ3n) is 5.96. The van der Waals surface area contributed by atoms with Gasteiger partial charge in [-0.25, -0.2) is 4.98 Å². The lowest BCUT2D eigenvalue weighted by Crippen LogP contribution is -2.28. The molecule has 0 bridgehead atoms. The summed E-state index contributed by atoms with van der Waals surface area (Å²) in [4.78, 5) is 21.0. The number of nitrogens with zero attached hydrogens (tertiary/aromatic N) is 3. The minimum atomic E-state index is -5.97. The van der Waals surface area contributed by atoms with Crippen LogP contribution in [0.25, 0.3) is 27.8 Å². The summed E-state index contributed by atoms with van der Waals surface area (Å²) in [7, 11) is -5.97. The van der Waals surface area contributed by atoms with Crippen LogP contribution in [0.5, 0.6) is 5.75 Å². The van der Waals surface area contributed by atoms with Gasteiger partial charge in [-0.2, -0.15) is 26.6 Å². The summed E-state index contributed by atoms with van der Waals surface area (Å²) >= 11 is 0. The number of hydrogen-bond acceptors (Lipinski definition) is 7. The molecule has 0 saturated heterocycles. The monoisotopic (exact) mass is 555 g/mol. The summed E-state index contributed by atoms with van der Waals surface area (Å²) in [5.41, 5.74) is 1.98. The first-order chi connectivity index (χ1) is 18.5. The van der Waals surface area contributed by atoms with Crippen LogP contribution in [0.3, 0.4) is 0 Å². The summed E-state index contributed by atoms with van der Waals surface area (Å²) in [5.74, 6) is -1.03. The van der Waals surface area contributed by atoms with Crippen molar-refractivity contribution in [1.29, 1.82) is 0 Å². The number of aryl methyl sites for hydroxylation is 1. The number of amides is 1. The van der Waals surface area contributed by atoms with Gasteiger partial charge in [-0.1, -0.05) is 42.5 Å². The smallest absolute Gasteiger partial charge is 0.374 e. The number of fused-ring (bicyclic) bond motifs is 2. The van der Waals surface area contributed by atoms with Crippen LogP contribution in [-0.4, -0.2) is 34.4 Å². The standard InChI is InChI=1S/C26H20F3N5O4S/c1-15-13-19-17(23(30)35)9-5-11-20(19)34(15)25-32-22-18(24(33-25)31-14-16-7-3-2-4-8-16)10-6-12-21(22)38-39(36,37)26(27,28)29/h2-13H,14H2,1H3,(H2,30,35)(H,31,32,33). The van der Waals surface area contributed by atoms with E-state index in [0.717, 1.165) is 11.6 Å². The molecule has 0 spiro atoms. The molecule has 2 aromatic heterocycles. The quantitative estimate of drug-likeness (QED) is 0.218. The van der Waals surface area contributed by atoms with Crippen molar-refractivity contribution in [3.8, 4) is 11.7 Å². The predicted molar refractivity (Wildman–Crippen MR) is 139 cm³/mol. The molecule has 0 radical (unpaired) electrons. The average Bonchev–Trinajstić information content (AvgIpc) is 3.22. The van der Waals surface area contributed by atoms with Crippen LogP contribution in [0.1, 0.15) is 21.6 Å². The van der Waals surface area contributed by atoms with Crippen LogP contribution in [0.15, 0.2) is 72.8 Å². The van der Waals surface area contributed by atoms with Crippen molar-refractivity contribution < 1.29 is 30.6 Å². The first-order valence-corrected chi connectivity index (χ1v) is 12.9. The molecule has 0 aliphatic carbocycles. The van der Waals surface area contributed by atoms with E-state index in [-0.39, 0.29) is 28.2 Å². The second kappa shape index (κ2) is 9.58.